The number of hydrogen-bond acceptors (Lipinski definition) is 9. The molecule has 0 unspecified atom stereocenters. The van der Waals surface area contributed by atoms with Crippen molar-refractivity contribution < 1.29 is 25.8 Å². The highest BCUT2D eigenvalue weighted by Gasteiger charge is 2.32. The molecule has 1 fully saturated rings. The predicted molar refractivity (Wildman–Crippen MR) is 156 cm³/mol. The van der Waals surface area contributed by atoms with Crippen LogP contribution >= 0.6 is 0 Å². The smallest absolute Gasteiger partial charge is 0.356 e. The minimum absolute atomic E-state index is 0.0249. The van der Waals surface area contributed by atoms with Crippen LogP contribution in [0.25, 0.3) is 0 Å². The van der Waals surface area contributed by atoms with Gasteiger partial charge in [0.25, 0.3) is 10.0 Å². The fourth-order valence-corrected chi connectivity index (χ4v) is 6.58. The molecule has 1 saturated heterocycles. The highest BCUT2D eigenvalue weighted by atomic mass is 32.2. The van der Waals surface area contributed by atoms with Gasteiger partial charge < -0.3 is 14.0 Å². The Morgan fingerprint density at radius 2 is 1.36 bits per heavy atom. The molecule has 5 rings (SSSR count). The van der Waals surface area contributed by atoms with Gasteiger partial charge in [-0.2, -0.15) is 13.1 Å². The fourth-order valence-electron chi connectivity index (χ4n) is 4.56. The molecule has 218 valence electrons. The van der Waals surface area contributed by atoms with Crippen LogP contribution in [0.1, 0.15) is 5.56 Å². The van der Waals surface area contributed by atoms with Crippen LogP contribution in [0.4, 0.5) is 5.69 Å². The predicted octanol–water partition coefficient (Wildman–Crippen LogP) is 2.48. The van der Waals surface area contributed by atoms with Gasteiger partial charge in [-0.05, 0) is 60.5 Å². The van der Waals surface area contributed by atoms with Crippen LogP contribution in [-0.2, 0) is 31.4 Å². The van der Waals surface area contributed by atoms with Crippen molar-refractivity contribution in [2.45, 2.75) is 22.5 Å². The molecule has 0 spiro atoms. The normalized spacial score (nSPS) is 14.8. The lowest BCUT2D eigenvalue weighted by Gasteiger charge is -2.37. The van der Waals surface area contributed by atoms with Crippen LogP contribution in [0.2, 0.25) is 0 Å². The summed E-state index contributed by atoms with van der Waals surface area (Å²) in [4.78, 5) is 25.3. The first-order valence-corrected chi connectivity index (χ1v) is 16.1. The Labute approximate surface area is 245 Å². The molecule has 1 amide bonds. The zero-order chi connectivity index (χ0) is 29.6. The number of sulfonamides is 1. The van der Waals surface area contributed by atoms with Gasteiger partial charge in [-0.15, -0.1) is 0 Å². The van der Waals surface area contributed by atoms with Gasteiger partial charge in [-0.1, -0.05) is 42.5 Å². The summed E-state index contributed by atoms with van der Waals surface area (Å²) >= 11 is 0. The number of anilines is 1. The largest absolute Gasteiger partial charge is 0.378 e. The Morgan fingerprint density at radius 3 is 1.95 bits per heavy atom. The summed E-state index contributed by atoms with van der Waals surface area (Å²) in [5, 5.41) is -0.420. The maximum Gasteiger partial charge on any atom is 0.356 e. The van der Waals surface area contributed by atoms with Crippen molar-refractivity contribution in [3.8, 4) is 5.75 Å². The Hall–Kier alpha value is -4.33. The summed E-state index contributed by atoms with van der Waals surface area (Å²) in [5.41, 5.74) is 1.66. The van der Waals surface area contributed by atoms with Crippen LogP contribution < -0.4 is 13.8 Å². The quantitative estimate of drug-likeness (QED) is 0.270. The van der Waals surface area contributed by atoms with Crippen molar-refractivity contribution >= 4 is 31.7 Å². The van der Waals surface area contributed by atoms with Crippen LogP contribution in [0, 0.1) is 0 Å². The number of para-hydroxylation sites is 1. The average Bonchev–Trinajstić information content (AvgIpc) is 3.02. The molecule has 3 heterocycles. The molecule has 11 nitrogen and oxygen atoms in total. The van der Waals surface area contributed by atoms with Crippen LogP contribution in [0.3, 0.4) is 0 Å². The first kappa shape index (κ1) is 29.2. The molecule has 2 aromatic heterocycles. The van der Waals surface area contributed by atoms with Gasteiger partial charge in [-0.3, -0.25) is 4.79 Å². The van der Waals surface area contributed by atoms with Crippen molar-refractivity contribution in [1.82, 2.24) is 19.6 Å². The molecule has 2 aromatic carbocycles. The lowest BCUT2D eigenvalue weighted by Crippen LogP contribution is -2.55. The molecule has 13 heteroatoms. The Kier molecular flexibility index (Phi) is 8.80. The van der Waals surface area contributed by atoms with Crippen molar-refractivity contribution in [2.75, 3.05) is 31.1 Å². The van der Waals surface area contributed by atoms with E-state index in [1.54, 1.807) is 35.2 Å². The van der Waals surface area contributed by atoms with Gasteiger partial charge in [-0.25, -0.2) is 18.4 Å². The van der Waals surface area contributed by atoms with Crippen LogP contribution in [-0.4, -0.2) is 69.8 Å². The van der Waals surface area contributed by atoms with E-state index in [2.05, 4.69) is 19.6 Å². The molecule has 1 aliphatic heterocycles. The van der Waals surface area contributed by atoms with Gasteiger partial charge >= 0.3 is 10.1 Å². The molecule has 0 saturated carbocycles. The molecular formula is C29H29N5O6S2. The second-order valence-corrected chi connectivity index (χ2v) is 12.7. The minimum Gasteiger partial charge on any atom is -0.378 e. The van der Waals surface area contributed by atoms with E-state index in [1.165, 1.54) is 42.7 Å². The number of benzene rings is 2. The monoisotopic (exact) mass is 607 g/mol. The minimum atomic E-state index is -4.13. The molecule has 1 aliphatic rings. The molecular weight excluding hydrogens is 578 g/mol. The first-order valence-electron chi connectivity index (χ1n) is 13.2. The number of carbonyl (C=O) groups excluding carboxylic acids is 1. The van der Waals surface area contributed by atoms with Crippen molar-refractivity contribution in [2.24, 2.45) is 0 Å². The first-order chi connectivity index (χ1) is 20.2. The maximum atomic E-state index is 13.7. The number of nitrogens with one attached hydrogen (secondary N) is 1. The lowest BCUT2D eigenvalue weighted by atomic mass is 10.0. The molecule has 1 atom stereocenters. The Bertz CT molecular complexity index is 1700. The van der Waals surface area contributed by atoms with Gasteiger partial charge in [0.2, 0.25) is 5.91 Å². The van der Waals surface area contributed by atoms with Crippen molar-refractivity contribution in [3.63, 3.8) is 0 Å². The molecule has 1 N–H and O–H groups in total. The van der Waals surface area contributed by atoms with E-state index in [-0.39, 0.29) is 28.1 Å². The summed E-state index contributed by atoms with van der Waals surface area (Å²) in [6, 6.07) is 23.8. The summed E-state index contributed by atoms with van der Waals surface area (Å²) in [5.74, 6) is -0.307. The number of hydrogen-bond donors (Lipinski definition) is 1. The number of piperazine rings is 1. The molecule has 42 heavy (non-hydrogen) atoms. The van der Waals surface area contributed by atoms with E-state index < -0.39 is 26.2 Å². The fraction of sp³-hybridized carbons (Fsp3) is 0.207. The number of pyridine rings is 2. The number of carbonyl (C=O) groups is 1. The molecule has 0 bridgehead atoms. The number of amides is 1. The molecule has 0 radical (unpaired) electrons. The van der Waals surface area contributed by atoms with E-state index >= 15 is 0 Å². The van der Waals surface area contributed by atoms with Crippen molar-refractivity contribution in [1.29, 1.82) is 0 Å². The number of aromatic nitrogens is 2. The maximum absolute atomic E-state index is 13.7. The number of rotatable bonds is 10. The number of nitrogens with zero attached hydrogens (tertiary/aromatic N) is 4. The summed E-state index contributed by atoms with van der Waals surface area (Å²) < 4.78 is 59.1. The average molecular weight is 608 g/mol. The zero-order valence-corrected chi connectivity index (χ0v) is 24.1. The van der Waals surface area contributed by atoms with Gasteiger partial charge in [0.05, 0.1) is 0 Å². The second kappa shape index (κ2) is 12.7. The Balaban J connectivity index is 1.32. The van der Waals surface area contributed by atoms with Crippen LogP contribution in [0.5, 0.6) is 5.75 Å². The van der Waals surface area contributed by atoms with E-state index in [0.717, 1.165) is 5.69 Å². The van der Waals surface area contributed by atoms with E-state index in [1.807, 2.05) is 30.3 Å². The van der Waals surface area contributed by atoms with E-state index in [0.29, 0.717) is 31.7 Å². The zero-order valence-electron chi connectivity index (χ0n) is 22.5. The van der Waals surface area contributed by atoms with E-state index in [4.69, 9.17) is 4.18 Å². The molecule has 0 aliphatic carbocycles. The van der Waals surface area contributed by atoms with Crippen LogP contribution in [0.15, 0.2) is 113 Å². The van der Waals surface area contributed by atoms with Gasteiger partial charge in [0.1, 0.15) is 11.8 Å². The van der Waals surface area contributed by atoms with Gasteiger partial charge in [0, 0.05) is 44.3 Å². The lowest BCUT2D eigenvalue weighted by molar-refractivity contribution is -0.133. The third-order valence-electron chi connectivity index (χ3n) is 6.68. The highest BCUT2D eigenvalue weighted by molar-refractivity contribution is 7.89. The highest BCUT2D eigenvalue weighted by Crippen LogP contribution is 2.21. The third-order valence-corrected chi connectivity index (χ3v) is 9.24. The van der Waals surface area contributed by atoms with Crippen molar-refractivity contribution in [3.05, 3.63) is 109 Å². The standard InChI is InChI=1S/C29H29N5O6S2/c35-29(34-20-18-33(19-21-34)24-8-2-1-3-9-24)26(32-41(36,37)27-10-4-6-16-30-27)22-23-12-14-25(15-13-23)40-42(38,39)28-11-5-7-17-31-28/h1-17,26,32H,18-22H2/t26-/m0/s1. The Morgan fingerprint density at radius 1 is 0.762 bits per heavy atom. The topological polar surface area (TPSA) is 139 Å². The van der Waals surface area contributed by atoms with Gasteiger partial charge in [0.15, 0.2) is 10.1 Å². The summed E-state index contributed by atoms with van der Waals surface area (Å²) in [6.45, 7) is 2.06. The molecule has 4 aromatic rings. The summed E-state index contributed by atoms with van der Waals surface area (Å²) in [7, 11) is -8.24. The van der Waals surface area contributed by atoms with E-state index in [9.17, 15) is 21.6 Å². The summed E-state index contributed by atoms with van der Waals surface area (Å²) in [6.07, 6.45) is 2.74. The second-order valence-electron chi connectivity index (χ2n) is 9.54. The SMILES string of the molecule is O=C([C@H](Cc1ccc(OS(=O)(=O)c2ccccn2)cc1)NS(=O)(=O)c1ccccn1)N1CCN(c2ccccc2)CC1. The third kappa shape index (κ3) is 7.11.